The lowest BCUT2D eigenvalue weighted by Gasteiger charge is -2.11. The van der Waals surface area contributed by atoms with E-state index in [0.29, 0.717) is 17.8 Å². The summed E-state index contributed by atoms with van der Waals surface area (Å²) < 4.78 is 0. The number of carbonyl (C=O) groups excluding carboxylic acids is 2. The van der Waals surface area contributed by atoms with Crippen LogP contribution < -0.4 is 10.6 Å². The van der Waals surface area contributed by atoms with E-state index in [2.05, 4.69) is 15.6 Å². The number of hydrogen-bond donors (Lipinski definition) is 2. The molecule has 0 aliphatic heterocycles. The number of anilines is 1. The number of pyridine rings is 1. The van der Waals surface area contributed by atoms with Crippen LogP contribution in [0.25, 0.3) is 6.08 Å². The van der Waals surface area contributed by atoms with Crippen LogP contribution in [0.2, 0.25) is 0 Å². The van der Waals surface area contributed by atoms with Gasteiger partial charge >= 0.3 is 0 Å². The predicted octanol–water partition coefficient (Wildman–Crippen LogP) is 3.66. The van der Waals surface area contributed by atoms with Crippen LogP contribution in [-0.2, 0) is 11.3 Å². The lowest BCUT2D eigenvalue weighted by atomic mass is 10.1. The predicted molar refractivity (Wildman–Crippen MR) is 106 cm³/mol. The fourth-order valence-electron chi connectivity index (χ4n) is 2.47. The molecular weight excluding hydrogens is 338 g/mol. The quantitative estimate of drug-likeness (QED) is 0.661. The molecule has 1 heterocycles. The molecular formula is C22H19N3O2. The Kier molecular flexibility index (Phi) is 6.09. The highest BCUT2D eigenvalue weighted by atomic mass is 16.2. The van der Waals surface area contributed by atoms with Crippen LogP contribution in [-0.4, -0.2) is 16.8 Å². The van der Waals surface area contributed by atoms with Gasteiger partial charge in [-0.25, -0.2) is 0 Å². The number of amides is 2. The van der Waals surface area contributed by atoms with Gasteiger partial charge in [0.2, 0.25) is 5.91 Å². The lowest BCUT2D eigenvalue weighted by molar-refractivity contribution is -0.116. The summed E-state index contributed by atoms with van der Waals surface area (Å²) in [5, 5.41) is 5.69. The van der Waals surface area contributed by atoms with E-state index >= 15 is 0 Å². The maximum absolute atomic E-state index is 12.3. The van der Waals surface area contributed by atoms with E-state index in [-0.39, 0.29) is 11.8 Å². The molecule has 0 fully saturated rings. The van der Waals surface area contributed by atoms with Gasteiger partial charge in [0.05, 0.1) is 5.56 Å². The summed E-state index contributed by atoms with van der Waals surface area (Å²) in [4.78, 5) is 28.3. The molecule has 0 atom stereocenters. The van der Waals surface area contributed by atoms with Crippen molar-refractivity contribution in [1.82, 2.24) is 10.3 Å². The summed E-state index contributed by atoms with van der Waals surface area (Å²) in [7, 11) is 0. The van der Waals surface area contributed by atoms with Gasteiger partial charge in [-0.2, -0.15) is 0 Å². The standard InChI is InChI=1S/C22H19N3O2/c26-21(13-12-17-7-2-1-3-8-17)24-16-18-9-4-5-11-20(18)25-22(27)19-10-6-14-23-15-19/h1-15H,16H2,(H,24,26)(H,25,27)/b13-12+. The molecule has 1 aromatic heterocycles. The maximum atomic E-state index is 12.3. The summed E-state index contributed by atoms with van der Waals surface area (Å²) in [6, 6.07) is 20.4. The van der Waals surface area contributed by atoms with Crippen LogP contribution in [0.1, 0.15) is 21.5 Å². The van der Waals surface area contributed by atoms with Crippen molar-refractivity contribution >= 4 is 23.6 Å². The van der Waals surface area contributed by atoms with E-state index in [0.717, 1.165) is 11.1 Å². The first-order chi connectivity index (χ1) is 13.2. The fraction of sp³-hybridized carbons (Fsp3) is 0.0455. The fourth-order valence-corrected chi connectivity index (χ4v) is 2.47. The van der Waals surface area contributed by atoms with Gasteiger partial charge in [-0.15, -0.1) is 0 Å². The third kappa shape index (κ3) is 5.37. The number of benzene rings is 2. The molecule has 0 bridgehead atoms. The van der Waals surface area contributed by atoms with Crippen LogP contribution in [0.4, 0.5) is 5.69 Å². The van der Waals surface area contributed by atoms with Crippen LogP contribution in [0.15, 0.2) is 85.2 Å². The van der Waals surface area contributed by atoms with Crippen LogP contribution in [0.3, 0.4) is 0 Å². The van der Waals surface area contributed by atoms with Crippen molar-refractivity contribution in [2.45, 2.75) is 6.54 Å². The van der Waals surface area contributed by atoms with Gasteiger partial charge in [0.25, 0.3) is 5.91 Å². The highest BCUT2D eigenvalue weighted by molar-refractivity contribution is 6.04. The molecule has 5 heteroatoms. The highest BCUT2D eigenvalue weighted by Gasteiger charge is 2.09. The Balaban J connectivity index is 1.61. The Hall–Kier alpha value is -3.73. The summed E-state index contributed by atoms with van der Waals surface area (Å²) in [6.45, 7) is 0.307. The van der Waals surface area contributed by atoms with Gasteiger partial charge in [-0.3, -0.25) is 14.6 Å². The number of para-hydroxylation sites is 1. The third-order valence-corrected chi connectivity index (χ3v) is 3.87. The molecule has 3 rings (SSSR count). The van der Waals surface area contributed by atoms with Gasteiger partial charge in [0.15, 0.2) is 0 Å². The Morgan fingerprint density at radius 3 is 2.48 bits per heavy atom. The summed E-state index contributed by atoms with van der Waals surface area (Å²) in [5.74, 6) is -0.446. The SMILES string of the molecule is O=C(/C=C/c1ccccc1)NCc1ccccc1NC(=O)c1cccnc1. The largest absolute Gasteiger partial charge is 0.348 e. The molecule has 0 unspecified atom stereocenters. The van der Waals surface area contributed by atoms with E-state index in [1.54, 1.807) is 30.5 Å². The molecule has 2 aromatic carbocycles. The molecule has 0 aliphatic carbocycles. The zero-order valence-electron chi connectivity index (χ0n) is 14.6. The van der Waals surface area contributed by atoms with Crippen LogP contribution >= 0.6 is 0 Å². The van der Waals surface area contributed by atoms with Gasteiger partial charge in [0, 0.05) is 30.7 Å². The minimum absolute atomic E-state index is 0.202. The van der Waals surface area contributed by atoms with Gasteiger partial charge < -0.3 is 10.6 Å². The van der Waals surface area contributed by atoms with E-state index < -0.39 is 0 Å². The van der Waals surface area contributed by atoms with E-state index in [9.17, 15) is 9.59 Å². The van der Waals surface area contributed by atoms with E-state index in [1.807, 2.05) is 48.5 Å². The molecule has 2 N–H and O–H groups in total. The van der Waals surface area contributed by atoms with Crippen LogP contribution in [0.5, 0.6) is 0 Å². The second kappa shape index (κ2) is 9.10. The first-order valence-electron chi connectivity index (χ1n) is 8.52. The van der Waals surface area contributed by atoms with Crippen molar-refractivity contribution in [3.05, 3.63) is 102 Å². The van der Waals surface area contributed by atoms with Crippen molar-refractivity contribution in [1.29, 1.82) is 0 Å². The van der Waals surface area contributed by atoms with Crippen molar-refractivity contribution in [3.8, 4) is 0 Å². The van der Waals surface area contributed by atoms with Crippen molar-refractivity contribution in [3.63, 3.8) is 0 Å². The number of nitrogens with one attached hydrogen (secondary N) is 2. The van der Waals surface area contributed by atoms with Crippen LogP contribution in [0, 0.1) is 0 Å². The Bertz CT molecular complexity index is 938. The summed E-state index contributed by atoms with van der Waals surface area (Å²) in [5.41, 5.74) is 2.90. The Morgan fingerprint density at radius 2 is 1.70 bits per heavy atom. The number of nitrogens with zero attached hydrogens (tertiary/aromatic N) is 1. The third-order valence-electron chi connectivity index (χ3n) is 3.87. The van der Waals surface area contributed by atoms with Crippen molar-refractivity contribution < 1.29 is 9.59 Å². The van der Waals surface area contributed by atoms with Gasteiger partial charge in [-0.05, 0) is 35.4 Å². The molecule has 0 spiro atoms. The molecule has 0 saturated heterocycles. The Labute approximate surface area is 157 Å². The van der Waals surface area contributed by atoms with E-state index in [1.165, 1.54) is 12.3 Å². The second-order valence-electron chi connectivity index (χ2n) is 5.81. The summed E-state index contributed by atoms with van der Waals surface area (Å²) >= 11 is 0. The number of aromatic nitrogens is 1. The van der Waals surface area contributed by atoms with Gasteiger partial charge in [-0.1, -0.05) is 48.5 Å². The van der Waals surface area contributed by atoms with Gasteiger partial charge in [0.1, 0.15) is 0 Å². The normalized spacial score (nSPS) is 10.5. The highest BCUT2D eigenvalue weighted by Crippen LogP contribution is 2.16. The number of rotatable bonds is 6. The molecule has 27 heavy (non-hydrogen) atoms. The lowest BCUT2D eigenvalue weighted by Crippen LogP contribution is -2.22. The zero-order valence-corrected chi connectivity index (χ0v) is 14.6. The van der Waals surface area contributed by atoms with E-state index in [4.69, 9.17) is 0 Å². The average molecular weight is 357 g/mol. The minimum Gasteiger partial charge on any atom is -0.348 e. The molecule has 0 saturated carbocycles. The van der Waals surface area contributed by atoms with Crippen molar-refractivity contribution in [2.75, 3.05) is 5.32 Å². The second-order valence-corrected chi connectivity index (χ2v) is 5.81. The average Bonchev–Trinajstić information content (AvgIpc) is 2.73. The molecule has 0 radical (unpaired) electrons. The van der Waals surface area contributed by atoms with Crippen molar-refractivity contribution in [2.24, 2.45) is 0 Å². The first-order valence-corrected chi connectivity index (χ1v) is 8.52. The first kappa shape index (κ1) is 18.1. The Morgan fingerprint density at radius 1 is 0.926 bits per heavy atom. The number of hydrogen-bond acceptors (Lipinski definition) is 3. The smallest absolute Gasteiger partial charge is 0.257 e. The maximum Gasteiger partial charge on any atom is 0.257 e. The molecule has 3 aromatic rings. The molecule has 5 nitrogen and oxygen atoms in total. The molecule has 2 amide bonds. The zero-order chi connectivity index (χ0) is 18.9. The molecule has 0 aliphatic rings. The topological polar surface area (TPSA) is 71.1 Å². The monoisotopic (exact) mass is 357 g/mol. The minimum atomic E-state index is -0.245. The number of carbonyl (C=O) groups is 2. The summed E-state index contributed by atoms with van der Waals surface area (Å²) in [6.07, 6.45) is 6.37. The molecule has 134 valence electrons.